The summed E-state index contributed by atoms with van der Waals surface area (Å²) in [5, 5.41) is 8.72. The average molecular weight is 432 g/mol. The van der Waals surface area contributed by atoms with Crippen LogP contribution in [0.25, 0.3) is 27.7 Å². The Labute approximate surface area is 180 Å². The predicted molar refractivity (Wildman–Crippen MR) is 117 cm³/mol. The van der Waals surface area contributed by atoms with Gasteiger partial charge < -0.3 is 4.74 Å². The second-order valence-electron chi connectivity index (χ2n) is 7.53. The Morgan fingerprint density at radius 2 is 1.59 bits per heavy atom. The molecule has 5 aromatic rings. The summed E-state index contributed by atoms with van der Waals surface area (Å²) in [6.07, 6.45) is 0.0316. The van der Waals surface area contributed by atoms with E-state index in [0.717, 1.165) is 11.0 Å². The van der Waals surface area contributed by atoms with Crippen LogP contribution in [-0.4, -0.2) is 34.3 Å². The Morgan fingerprint density at radius 1 is 0.906 bits per heavy atom. The van der Waals surface area contributed by atoms with Crippen LogP contribution < -0.4 is 11.2 Å². The van der Waals surface area contributed by atoms with Crippen LogP contribution in [0.4, 0.5) is 0 Å². The number of benzene rings is 2. The third-order valence-electron chi connectivity index (χ3n) is 5.65. The van der Waals surface area contributed by atoms with E-state index in [-0.39, 0.29) is 30.8 Å². The van der Waals surface area contributed by atoms with Gasteiger partial charge >= 0.3 is 11.7 Å². The highest BCUT2D eigenvalue weighted by atomic mass is 16.5. The Kier molecular flexibility index (Phi) is 4.62. The molecule has 0 spiro atoms. The monoisotopic (exact) mass is 432 g/mol. The van der Waals surface area contributed by atoms with E-state index in [1.54, 1.807) is 45.8 Å². The van der Waals surface area contributed by atoms with Gasteiger partial charge in [-0.05, 0) is 24.3 Å². The third-order valence-corrected chi connectivity index (χ3v) is 5.65. The number of imidazole rings is 1. The Morgan fingerprint density at radius 3 is 2.38 bits per heavy atom. The molecule has 0 atom stereocenters. The van der Waals surface area contributed by atoms with Gasteiger partial charge in [-0.15, -0.1) is 10.2 Å². The number of aromatic nitrogens is 6. The van der Waals surface area contributed by atoms with E-state index in [9.17, 15) is 14.4 Å². The summed E-state index contributed by atoms with van der Waals surface area (Å²) in [4.78, 5) is 37.5. The zero-order valence-corrected chi connectivity index (χ0v) is 17.6. The van der Waals surface area contributed by atoms with Gasteiger partial charge in [-0.1, -0.05) is 24.3 Å². The molecule has 0 aliphatic carbocycles. The number of fused-ring (bicyclic) bond motifs is 4. The molecule has 0 aliphatic heterocycles. The first-order chi connectivity index (χ1) is 15.5. The van der Waals surface area contributed by atoms with E-state index in [1.165, 1.54) is 4.57 Å². The van der Waals surface area contributed by atoms with E-state index < -0.39 is 5.97 Å². The number of hydrogen-bond donors (Lipinski definition) is 0. The largest absolute Gasteiger partial charge is 0.457 e. The molecule has 3 heterocycles. The van der Waals surface area contributed by atoms with E-state index in [4.69, 9.17) is 4.74 Å². The highest BCUT2D eigenvalue weighted by Crippen LogP contribution is 2.15. The van der Waals surface area contributed by atoms with Crippen LogP contribution >= 0.6 is 0 Å². The summed E-state index contributed by atoms with van der Waals surface area (Å²) in [6.45, 7) is 0.101. The number of aryl methyl sites for hydroxylation is 3. The third kappa shape index (κ3) is 2.99. The first-order valence-electron chi connectivity index (χ1n) is 10.1. The van der Waals surface area contributed by atoms with E-state index in [2.05, 4.69) is 10.2 Å². The van der Waals surface area contributed by atoms with Gasteiger partial charge in [0.15, 0.2) is 12.4 Å². The maximum Gasteiger partial charge on any atom is 0.328 e. The number of hydrogen-bond acceptors (Lipinski definition) is 6. The topological polar surface area (TPSA) is 105 Å². The van der Waals surface area contributed by atoms with Gasteiger partial charge in [0.25, 0.3) is 5.56 Å². The molecule has 0 saturated heterocycles. The van der Waals surface area contributed by atoms with Crippen molar-refractivity contribution >= 4 is 33.7 Å². The summed E-state index contributed by atoms with van der Waals surface area (Å²) in [5.41, 5.74) is 1.85. The van der Waals surface area contributed by atoms with Crippen molar-refractivity contribution in [2.24, 2.45) is 14.1 Å². The molecule has 3 aromatic heterocycles. The van der Waals surface area contributed by atoms with Crippen LogP contribution in [0.2, 0.25) is 0 Å². The molecule has 10 heteroatoms. The molecule has 0 N–H and O–H groups in total. The number of nitrogens with zero attached hydrogens (tertiary/aromatic N) is 6. The fourth-order valence-electron chi connectivity index (χ4n) is 3.99. The Hall–Kier alpha value is -4.21. The Balaban J connectivity index is 1.37. The molecule has 10 nitrogen and oxygen atoms in total. The molecule has 0 saturated carbocycles. The van der Waals surface area contributed by atoms with E-state index in [0.29, 0.717) is 22.5 Å². The molecule has 0 aliphatic rings. The molecular weight excluding hydrogens is 412 g/mol. The second-order valence-corrected chi connectivity index (χ2v) is 7.53. The molecule has 5 rings (SSSR count). The van der Waals surface area contributed by atoms with Crippen molar-refractivity contribution in [3.63, 3.8) is 0 Å². The first kappa shape index (κ1) is 19.7. The maximum atomic E-state index is 12.5. The number of rotatable bonds is 5. The van der Waals surface area contributed by atoms with Crippen molar-refractivity contribution in [1.82, 2.24) is 28.3 Å². The molecule has 0 radical (unpaired) electrons. The second kappa shape index (κ2) is 7.49. The SMILES string of the molecule is Cn1c(=O)n(CCC(=O)OCc2nnc3n(C)c(=O)c4ccccc4n23)c2ccccc21. The number of para-hydroxylation sites is 3. The molecule has 0 unspecified atom stereocenters. The van der Waals surface area contributed by atoms with Crippen LogP contribution in [0.5, 0.6) is 0 Å². The number of carbonyl (C=O) groups excluding carboxylic acids is 1. The zero-order valence-electron chi connectivity index (χ0n) is 17.6. The average Bonchev–Trinajstić information content (AvgIpc) is 3.34. The molecule has 32 heavy (non-hydrogen) atoms. The minimum Gasteiger partial charge on any atom is -0.457 e. The lowest BCUT2D eigenvalue weighted by molar-refractivity contribution is -0.145. The predicted octanol–water partition coefficient (Wildman–Crippen LogP) is 1.37. The summed E-state index contributed by atoms with van der Waals surface area (Å²) < 4.78 is 11.7. The molecule has 2 aromatic carbocycles. The molecule has 0 amide bonds. The fourth-order valence-corrected chi connectivity index (χ4v) is 3.99. The zero-order chi connectivity index (χ0) is 22.4. The fraction of sp³-hybridized carbons (Fsp3) is 0.227. The van der Waals surface area contributed by atoms with Gasteiger partial charge in [-0.2, -0.15) is 0 Å². The van der Waals surface area contributed by atoms with Crippen molar-refractivity contribution in [1.29, 1.82) is 0 Å². The van der Waals surface area contributed by atoms with Crippen LogP contribution in [0.15, 0.2) is 58.1 Å². The summed E-state index contributed by atoms with van der Waals surface area (Å²) >= 11 is 0. The highest BCUT2D eigenvalue weighted by molar-refractivity contribution is 5.80. The van der Waals surface area contributed by atoms with Crippen molar-refractivity contribution in [2.45, 2.75) is 19.6 Å². The summed E-state index contributed by atoms with van der Waals surface area (Å²) in [6, 6.07) is 14.6. The number of carbonyl (C=O) groups is 1. The van der Waals surface area contributed by atoms with E-state index in [1.807, 2.05) is 30.3 Å². The molecule has 162 valence electrons. The Bertz CT molecular complexity index is 1620. The van der Waals surface area contributed by atoms with Gasteiger partial charge in [0.05, 0.1) is 28.4 Å². The summed E-state index contributed by atoms with van der Waals surface area (Å²) in [7, 11) is 3.32. The van der Waals surface area contributed by atoms with Crippen LogP contribution in [0.3, 0.4) is 0 Å². The maximum absolute atomic E-state index is 12.5. The van der Waals surface area contributed by atoms with Gasteiger partial charge in [0.2, 0.25) is 5.78 Å². The molecule has 0 fully saturated rings. The standard InChI is InChI=1S/C22H20N6O4/c1-25-16-9-5-6-10-17(16)27(22(25)31)12-11-19(29)32-13-18-23-24-21-26(2)20(30)14-7-3-4-8-15(14)28(18)21/h3-10H,11-13H2,1-2H3. The van der Waals surface area contributed by atoms with Gasteiger partial charge in [0.1, 0.15) is 0 Å². The number of ether oxygens (including phenoxy) is 1. The van der Waals surface area contributed by atoms with Gasteiger partial charge in [-0.3, -0.25) is 27.7 Å². The van der Waals surface area contributed by atoms with Crippen molar-refractivity contribution in [3.8, 4) is 0 Å². The summed E-state index contributed by atoms with van der Waals surface area (Å²) in [5.74, 6) is 0.306. The quantitative estimate of drug-likeness (QED) is 0.389. The van der Waals surface area contributed by atoms with E-state index >= 15 is 0 Å². The normalized spacial score (nSPS) is 11.6. The lowest BCUT2D eigenvalue weighted by Gasteiger charge is -2.08. The highest BCUT2D eigenvalue weighted by Gasteiger charge is 2.16. The van der Waals surface area contributed by atoms with Crippen LogP contribution in [-0.2, 0) is 36.8 Å². The van der Waals surface area contributed by atoms with Crippen molar-refractivity contribution < 1.29 is 9.53 Å². The van der Waals surface area contributed by atoms with Gasteiger partial charge in [-0.25, -0.2) is 4.79 Å². The molecule has 0 bridgehead atoms. The van der Waals surface area contributed by atoms with Gasteiger partial charge in [0, 0.05) is 20.6 Å². The lowest BCUT2D eigenvalue weighted by Crippen LogP contribution is -2.23. The number of esters is 1. The van der Waals surface area contributed by atoms with Crippen molar-refractivity contribution in [3.05, 3.63) is 75.2 Å². The first-order valence-corrected chi connectivity index (χ1v) is 10.1. The van der Waals surface area contributed by atoms with Crippen molar-refractivity contribution in [2.75, 3.05) is 0 Å². The lowest BCUT2D eigenvalue weighted by atomic mass is 10.2. The minimum atomic E-state index is -0.462. The smallest absolute Gasteiger partial charge is 0.328 e. The molecular formula is C22H20N6O4. The van der Waals surface area contributed by atoms with Crippen LogP contribution in [0, 0.1) is 0 Å². The minimum absolute atomic E-state index is 0.0316. The van der Waals surface area contributed by atoms with Crippen LogP contribution in [0.1, 0.15) is 12.2 Å².